The molecule has 4 saturated heterocycles. The lowest BCUT2D eigenvalue weighted by Gasteiger charge is -2.29. The number of fused-ring (bicyclic) bond motifs is 6. The van der Waals surface area contributed by atoms with Crippen LogP contribution in [-0.4, -0.2) is 230 Å². The van der Waals surface area contributed by atoms with Crippen molar-refractivity contribution < 1.29 is 29.2 Å². The van der Waals surface area contributed by atoms with Gasteiger partial charge in [0, 0.05) is 249 Å². The fourth-order valence-corrected chi connectivity index (χ4v) is 17.4. The Balaban J connectivity index is 0.000000112. The van der Waals surface area contributed by atoms with Crippen LogP contribution in [0.25, 0.3) is 100 Å². The first-order chi connectivity index (χ1) is 65.7. The van der Waals surface area contributed by atoms with E-state index in [4.69, 9.17) is 97.0 Å². The van der Waals surface area contributed by atoms with Gasteiger partial charge >= 0.3 is 0 Å². The van der Waals surface area contributed by atoms with Gasteiger partial charge in [0.15, 0.2) is 0 Å². The van der Waals surface area contributed by atoms with E-state index in [0.29, 0.717) is 24.7 Å². The number of aliphatic hydroxyl groups excluding tert-OH is 2. The van der Waals surface area contributed by atoms with Gasteiger partial charge in [-0.3, -0.25) is 52.9 Å². The summed E-state index contributed by atoms with van der Waals surface area (Å²) in [4.78, 5) is 51.5. The van der Waals surface area contributed by atoms with Crippen LogP contribution < -0.4 is 20.0 Å². The fraction of sp³-hybridized carbons (Fsp3) is 0.265. The van der Waals surface area contributed by atoms with E-state index in [1.807, 2.05) is 207 Å². The van der Waals surface area contributed by atoms with Crippen LogP contribution in [0.15, 0.2) is 275 Å². The van der Waals surface area contributed by atoms with E-state index in [-0.39, 0.29) is 12.7 Å². The van der Waals surface area contributed by atoms with Gasteiger partial charge in [0.25, 0.3) is 0 Å². The highest BCUT2D eigenvalue weighted by Gasteiger charge is 2.26. The molecule has 0 spiro atoms. The Morgan fingerprint density at radius 2 is 0.754 bits per heavy atom. The lowest BCUT2D eigenvalue weighted by atomic mass is 10.1. The van der Waals surface area contributed by atoms with Crippen LogP contribution in [0.2, 0.25) is 25.1 Å². The second-order valence-corrected chi connectivity index (χ2v) is 34.9. The summed E-state index contributed by atoms with van der Waals surface area (Å²) in [6.07, 6.45) is 36.0. The molecule has 22 rings (SSSR count). The van der Waals surface area contributed by atoms with Gasteiger partial charge in [-0.05, 0) is 152 Å². The van der Waals surface area contributed by atoms with Gasteiger partial charge < -0.3 is 62.9 Å². The van der Waals surface area contributed by atoms with Crippen LogP contribution in [0, 0.1) is 6.92 Å². The number of hydrogen-bond acceptors (Lipinski definition) is 21. The Kier molecular flexibility index (Phi) is 31.5. The van der Waals surface area contributed by atoms with Crippen molar-refractivity contribution in [1.29, 1.82) is 0 Å². The zero-order valence-electron chi connectivity index (χ0n) is 74.7. The number of piperidine rings is 1. The number of anilines is 3. The molecule has 0 radical (unpaired) electrons. The largest absolute Gasteiger partial charge is 0.395 e. The van der Waals surface area contributed by atoms with Gasteiger partial charge in [0.2, 0.25) is 17.8 Å². The zero-order valence-corrected chi connectivity index (χ0v) is 78.5. The minimum absolute atomic E-state index is 0.136. The topological polar surface area (TPSA) is 250 Å². The number of aromatic nitrogens is 15. The summed E-state index contributed by atoms with van der Waals surface area (Å²) in [6.45, 7) is 18.7. The number of nitrogens with one attached hydrogen (secondary N) is 1. The van der Waals surface area contributed by atoms with Crippen molar-refractivity contribution >= 4 is 125 Å². The molecule has 4 aliphatic heterocycles. The first-order valence-corrected chi connectivity index (χ1v) is 46.6. The second kappa shape index (κ2) is 45.2. The molecule has 0 amide bonds. The predicted octanol–water partition coefficient (Wildman–Crippen LogP) is 18.5. The Morgan fingerprint density at radius 3 is 1.16 bits per heavy atom. The van der Waals surface area contributed by atoms with Crippen molar-refractivity contribution in [1.82, 2.24) is 86.9 Å². The maximum absolute atomic E-state index is 9.69. The van der Waals surface area contributed by atoms with E-state index in [1.54, 1.807) is 31.9 Å². The van der Waals surface area contributed by atoms with E-state index in [2.05, 4.69) is 144 Å². The maximum Gasteiger partial charge on any atom is 0.211 e. The fourth-order valence-electron chi connectivity index (χ4n) is 16.8. The summed E-state index contributed by atoms with van der Waals surface area (Å²) >= 11 is 29.9. The monoisotopic (exact) mass is 1890 g/mol. The van der Waals surface area contributed by atoms with Crippen molar-refractivity contribution in [2.45, 2.75) is 45.5 Å². The Labute approximate surface area is 801 Å². The van der Waals surface area contributed by atoms with Crippen molar-refractivity contribution in [3.05, 3.63) is 323 Å². The number of methoxy groups -OCH3 is 1. The molecule has 0 bridgehead atoms. The first-order valence-electron chi connectivity index (χ1n) is 44.7. The molecule has 16 heterocycles. The molecule has 688 valence electrons. The average Bonchev–Trinajstić information content (AvgIpc) is 2.36. The zero-order chi connectivity index (χ0) is 92.2. The van der Waals surface area contributed by atoms with Crippen LogP contribution in [0.3, 0.4) is 0 Å². The van der Waals surface area contributed by atoms with E-state index in [9.17, 15) is 5.11 Å². The number of halogens is 5. The van der Waals surface area contributed by atoms with Crippen LogP contribution >= 0.6 is 58.0 Å². The third-order valence-corrected chi connectivity index (χ3v) is 25.1. The number of rotatable bonds is 20. The lowest BCUT2D eigenvalue weighted by molar-refractivity contribution is 0.0343. The summed E-state index contributed by atoms with van der Waals surface area (Å²) in [5, 5.41) is 29.1. The highest BCUT2D eigenvalue weighted by atomic mass is 35.5. The number of pyridine rings is 3. The third kappa shape index (κ3) is 22.7. The van der Waals surface area contributed by atoms with Gasteiger partial charge in [-0.25, -0.2) is 15.0 Å². The van der Waals surface area contributed by atoms with Gasteiger partial charge in [-0.2, -0.15) is 0 Å². The molecule has 0 aliphatic carbocycles. The molecule has 12 aromatic heterocycles. The van der Waals surface area contributed by atoms with E-state index in [0.717, 1.165) is 252 Å². The molecule has 3 N–H and O–H groups in total. The van der Waals surface area contributed by atoms with Gasteiger partial charge in [0.05, 0.1) is 146 Å². The molecule has 134 heavy (non-hydrogen) atoms. The average molecular weight is 1900 g/mol. The second-order valence-electron chi connectivity index (χ2n) is 32.7. The summed E-state index contributed by atoms with van der Waals surface area (Å²) in [7, 11) is 3.69. The number of likely N-dealkylation sites (tertiary alicyclic amines) is 1. The molecular weight excluding hydrogens is 1790 g/mol. The number of likely N-dealkylation sites (N-methyl/N-ethyl adjacent to an activating group) is 1. The third-order valence-electron chi connectivity index (χ3n) is 23.8. The smallest absolute Gasteiger partial charge is 0.211 e. The van der Waals surface area contributed by atoms with Crippen molar-refractivity contribution in [3.8, 4) is 50.8 Å². The quantitative estimate of drug-likeness (QED) is 0.0600. The molecule has 0 unspecified atom stereocenters. The molecule has 18 aromatic rings. The van der Waals surface area contributed by atoms with Crippen molar-refractivity contribution in [2.24, 2.45) is 0 Å². The molecule has 27 nitrogen and oxygen atoms in total. The normalized spacial score (nSPS) is 14.4. The Bertz CT molecular complexity index is 6720. The standard InChI is InChI=1S/C19H20ClN3O.C18H18ClN3O.C17H18N4O.C16H15ClN4O.C16H17ClN4O.C16H16ClN3O/c20-15-1-3-16(4-2-15)23-13-14(18-5-8-21-11-19(18)23)12-22-9-6-17(24)7-10-22;19-15-1-3-16(4-2-15)22-13-14(12-21-7-9-23-10-8-21)17-5-6-20-11-18(17)22;1-13-2-4-14(5-3-13)16-15-12-18-6-7-21(15)17(19-16)20-8-10-22-11-9-20;17-13-3-1-12(2-4-13)15-14-11-18-5-6-21(14)16(19-15)20-7-9-22-10-8-20;1-20(9-10-22-2)16-19-15(12-3-5-13(17)6-4-12)14-11-18-7-8-21(14)16;17-13-1-3-14(4-2-13)20-11-12(9-19-7-8-21)15-5-6-18-10-16(15)20/h1-5,8,11,13,17,24H,6-7,9-10,12H2;1-6,11,13H,7-10,12H2;2-7,12H,8-11H2,1H3;1-6,11H,7-10H2;3-8,11H,9-10H2,1-2H3;1-6,10-11,19,21H,7-9H2. The number of aliphatic hydroxyl groups is 2. The first kappa shape index (κ1) is 93.5. The SMILES string of the molecule is COCCN(C)c1nc(-c2ccc(Cl)cc2)c2cnccn12.Cc1ccc(-c2nc(N3CCOCC3)n3ccncc23)cc1.Clc1ccc(-c2nc(N3CCOCC3)n3ccncc23)cc1.Clc1ccc(-n2cc(CN3CCOCC3)c3ccncc32)cc1.OC1CCN(Cc2cn(-c3ccc(Cl)cc3)c3cnccc23)CC1.OCCNCc1cn(-c2ccc(Cl)cc2)c2cnccc12. The lowest BCUT2D eigenvalue weighted by Crippen LogP contribution is -2.37. The van der Waals surface area contributed by atoms with Crippen LogP contribution in [0.1, 0.15) is 35.1 Å². The van der Waals surface area contributed by atoms with Crippen LogP contribution in [-0.2, 0) is 38.6 Å². The number of imidazole rings is 3. The van der Waals surface area contributed by atoms with E-state index in [1.165, 1.54) is 33.0 Å². The molecular formula is C102H104Cl5N21O6. The molecule has 4 aliphatic rings. The van der Waals surface area contributed by atoms with Gasteiger partial charge in [0.1, 0.15) is 0 Å². The van der Waals surface area contributed by atoms with Gasteiger partial charge in [-0.1, -0.05) is 112 Å². The molecule has 6 aromatic carbocycles. The highest BCUT2D eigenvalue weighted by Crippen LogP contribution is 2.36. The summed E-state index contributed by atoms with van der Waals surface area (Å²) < 4.78 is 34.2. The Hall–Kier alpha value is -12.3. The number of benzene rings is 6. The number of aryl methyl sites for hydroxylation is 1. The summed E-state index contributed by atoms with van der Waals surface area (Å²) in [6, 6.07) is 53.6. The van der Waals surface area contributed by atoms with Crippen molar-refractivity contribution in [2.75, 3.05) is 147 Å². The number of nitrogens with zero attached hydrogens (tertiary/aromatic N) is 20. The van der Waals surface area contributed by atoms with E-state index >= 15 is 0 Å². The van der Waals surface area contributed by atoms with Crippen LogP contribution in [0.4, 0.5) is 17.8 Å². The number of morpholine rings is 3. The molecule has 4 fully saturated rings. The summed E-state index contributed by atoms with van der Waals surface area (Å²) in [5.74, 6) is 2.77. The molecule has 0 saturated carbocycles. The minimum atomic E-state index is -0.138. The predicted molar refractivity (Wildman–Crippen MR) is 535 cm³/mol. The maximum atomic E-state index is 9.69. The van der Waals surface area contributed by atoms with Gasteiger partial charge in [-0.15, -0.1) is 0 Å². The van der Waals surface area contributed by atoms with Crippen molar-refractivity contribution in [3.63, 3.8) is 0 Å². The number of ether oxygens (including phenoxy) is 4. The summed E-state index contributed by atoms with van der Waals surface area (Å²) in [5.41, 5.74) is 20.5. The number of hydrogen-bond donors (Lipinski definition) is 3. The Morgan fingerprint density at radius 1 is 0.410 bits per heavy atom. The molecule has 32 heteroatoms. The minimum Gasteiger partial charge on any atom is -0.395 e. The van der Waals surface area contributed by atoms with Crippen LogP contribution in [0.5, 0.6) is 0 Å². The highest BCUT2D eigenvalue weighted by molar-refractivity contribution is 6.32. The molecule has 0 atom stereocenters. The van der Waals surface area contributed by atoms with E-state index < -0.39 is 0 Å².